The van der Waals surface area contributed by atoms with Crippen molar-refractivity contribution in [3.8, 4) is 0 Å². The van der Waals surface area contributed by atoms with Crippen molar-refractivity contribution in [1.82, 2.24) is 0 Å². The van der Waals surface area contributed by atoms with E-state index in [9.17, 15) is 4.79 Å². The number of halogens is 1. The second-order valence-corrected chi connectivity index (χ2v) is 7.49. The van der Waals surface area contributed by atoms with Gasteiger partial charge in [0, 0.05) is 20.2 Å². The first-order valence-corrected chi connectivity index (χ1v) is 9.29. The van der Waals surface area contributed by atoms with Crippen molar-refractivity contribution in [2.45, 2.75) is 9.79 Å². The fraction of sp³-hybridized carbons (Fsp3) is 0. The van der Waals surface area contributed by atoms with Crippen LogP contribution in [0.5, 0.6) is 0 Å². The first-order chi connectivity index (χ1) is 12.7. The third-order valence-electron chi connectivity index (χ3n) is 4.33. The largest absolute Gasteiger partial charge is 0.451 e. The van der Waals surface area contributed by atoms with Crippen LogP contribution < -0.4 is 4.90 Å². The van der Waals surface area contributed by atoms with Crippen molar-refractivity contribution in [1.29, 1.82) is 0 Å². The summed E-state index contributed by atoms with van der Waals surface area (Å²) in [4.78, 5) is 17.1. The summed E-state index contributed by atoms with van der Waals surface area (Å²) in [7, 11) is 0. The second-order valence-electron chi connectivity index (χ2n) is 5.97. The van der Waals surface area contributed by atoms with Crippen LogP contribution in [0.2, 0.25) is 5.02 Å². The Morgan fingerprint density at radius 2 is 1.65 bits per heavy atom. The molecule has 0 fully saturated rings. The molecule has 0 bridgehead atoms. The molecule has 0 spiro atoms. The molecule has 0 radical (unpaired) electrons. The number of para-hydroxylation sites is 2. The maximum Gasteiger partial charge on any atom is 0.298 e. The van der Waals surface area contributed by atoms with Crippen LogP contribution in [0.25, 0.3) is 11.0 Å². The Labute approximate surface area is 159 Å². The highest BCUT2D eigenvalue weighted by atomic mass is 35.5. The van der Waals surface area contributed by atoms with E-state index in [1.165, 1.54) is 0 Å². The number of nitrogens with zero attached hydrogens (tertiary/aromatic N) is 1. The molecule has 1 aliphatic rings. The molecule has 4 aromatic rings. The number of rotatable bonds is 1. The highest BCUT2D eigenvalue weighted by Gasteiger charge is 2.30. The molecule has 2 heterocycles. The molecule has 0 aliphatic carbocycles. The van der Waals surface area contributed by atoms with Gasteiger partial charge in [-0.2, -0.15) is 0 Å². The quantitative estimate of drug-likeness (QED) is 0.378. The van der Waals surface area contributed by atoms with Gasteiger partial charge in [-0.3, -0.25) is 9.69 Å². The summed E-state index contributed by atoms with van der Waals surface area (Å²) >= 11 is 7.84. The molecule has 0 atom stereocenters. The van der Waals surface area contributed by atoms with Crippen molar-refractivity contribution in [3.05, 3.63) is 83.6 Å². The van der Waals surface area contributed by atoms with Gasteiger partial charge in [0.15, 0.2) is 5.76 Å². The van der Waals surface area contributed by atoms with E-state index in [-0.39, 0.29) is 5.91 Å². The Morgan fingerprint density at radius 3 is 2.54 bits per heavy atom. The van der Waals surface area contributed by atoms with E-state index in [0.717, 1.165) is 26.6 Å². The summed E-state index contributed by atoms with van der Waals surface area (Å²) in [5.74, 6) is 0.0938. The molecule has 1 aromatic heterocycles. The van der Waals surface area contributed by atoms with Crippen molar-refractivity contribution in [2.24, 2.45) is 0 Å². The zero-order chi connectivity index (χ0) is 17.7. The molecule has 3 aromatic carbocycles. The number of amides is 1. The highest BCUT2D eigenvalue weighted by Crippen LogP contribution is 2.49. The van der Waals surface area contributed by atoms with E-state index in [1.807, 2.05) is 66.7 Å². The van der Waals surface area contributed by atoms with Crippen LogP contribution in [0.4, 0.5) is 11.4 Å². The van der Waals surface area contributed by atoms with Gasteiger partial charge >= 0.3 is 0 Å². The average Bonchev–Trinajstić information content (AvgIpc) is 3.10. The van der Waals surface area contributed by atoms with E-state index in [1.54, 1.807) is 22.7 Å². The lowest BCUT2D eigenvalue weighted by Crippen LogP contribution is -2.28. The van der Waals surface area contributed by atoms with E-state index in [2.05, 4.69) is 0 Å². The Morgan fingerprint density at radius 1 is 0.885 bits per heavy atom. The zero-order valence-electron chi connectivity index (χ0n) is 13.5. The minimum Gasteiger partial charge on any atom is -0.451 e. The first-order valence-electron chi connectivity index (χ1n) is 8.10. The summed E-state index contributed by atoms with van der Waals surface area (Å²) < 4.78 is 5.81. The van der Waals surface area contributed by atoms with Gasteiger partial charge in [-0.1, -0.05) is 53.7 Å². The van der Waals surface area contributed by atoms with Gasteiger partial charge in [0.2, 0.25) is 0 Å². The molecular formula is C21H12ClNO2S. The molecule has 5 rings (SSSR count). The monoisotopic (exact) mass is 377 g/mol. The van der Waals surface area contributed by atoms with Crippen LogP contribution in [-0.4, -0.2) is 5.91 Å². The molecule has 126 valence electrons. The number of hydrogen-bond acceptors (Lipinski definition) is 3. The van der Waals surface area contributed by atoms with Gasteiger partial charge in [0.25, 0.3) is 5.91 Å². The smallest absolute Gasteiger partial charge is 0.298 e. The molecular weight excluding hydrogens is 366 g/mol. The lowest BCUT2D eigenvalue weighted by Gasteiger charge is -2.30. The van der Waals surface area contributed by atoms with Crippen LogP contribution >= 0.6 is 23.4 Å². The summed E-state index contributed by atoms with van der Waals surface area (Å²) in [5.41, 5.74) is 2.30. The molecule has 26 heavy (non-hydrogen) atoms. The number of benzene rings is 3. The van der Waals surface area contributed by atoms with Crippen molar-refractivity contribution in [2.75, 3.05) is 4.90 Å². The SMILES string of the molecule is O=C(c1cc2ccccc2o1)N1c2ccccc2Sc2ccc(Cl)cc21. The Hall–Kier alpha value is -2.69. The molecule has 1 aliphatic heterocycles. The molecule has 3 nitrogen and oxygen atoms in total. The number of carbonyl (C=O) groups excluding carboxylic acids is 1. The first kappa shape index (κ1) is 15.6. The summed E-state index contributed by atoms with van der Waals surface area (Å²) in [6, 6.07) is 22.8. The van der Waals surface area contributed by atoms with E-state index >= 15 is 0 Å². The summed E-state index contributed by atoms with van der Waals surface area (Å²) in [6.45, 7) is 0. The predicted molar refractivity (Wildman–Crippen MR) is 105 cm³/mol. The van der Waals surface area contributed by atoms with Crippen LogP contribution in [0, 0.1) is 0 Å². The average molecular weight is 378 g/mol. The van der Waals surface area contributed by atoms with Crippen LogP contribution in [0.1, 0.15) is 10.6 Å². The minimum absolute atomic E-state index is 0.211. The predicted octanol–water partition coefficient (Wildman–Crippen LogP) is 6.53. The van der Waals surface area contributed by atoms with Crippen LogP contribution in [0.15, 0.2) is 87.0 Å². The van der Waals surface area contributed by atoms with Gasteiger partial charge in [0.1, 0.15) is 5.58 Å². The van der Waals surface area contributed by atoms with Gasteiger partial charge in [-0.05, 0) is 42.5 Å². The van der Waals surface area contributed by atoms with Gasteiger partial charge in [-0.25, -0.2) is 0 Å². The Bertz CT molecular complexity index is 1130. The fourth-order valence-corrected chi connectivity index (χ4v) is 4.35. The lowest BCUT2D eigenvalue weighted by atomic mass is 10.2. The number of anilines is 2. The number of carbonyl (C=O) groups is 1. The van der Waals surface area contributed by atoms with Gasteiger partial charge in [-0.15, -0.1) is 0 Å². The van der Waals surface area contributed by atoms with Crippen LogP contribution in [-0.2, 0) is 0 Å². The fourth-order valence-electron chi connectivity index (χ4n) is 3.14. The molecule has 5 heteroatoms. The summed E-state index contributed by atoms with van der Waals surface area (Å²) in [5, 5.41) is 1.49. The maximum atomic E-state index is 13.4. The molecule has 0 saturated carbocycles. The second kappa shape index (κ2) is 5.94. The number of furan rings is 1. The third-order valence-corrected chi connectivity index (χ3v) is 5.69. The van der Waals surface area contributed by atoms with Gasteiger partial charge < -0.3 is 4.42 Å². The third kappa shape index (κ3) is 2.42. The molecule has 0 N–H and O–H groups in total. The van der Waals surface area contributed by atoms with Crippen LogP contribution in [0.3, 0.4) is 0 Å². The van der Waals surface area contributed by atoms with Crippen molar-refractivity contribution in [3.63, 3.8) is 0 Å². The molecule has 0 saturated heterocycles. The topological polar surface area (TPSA) is 33.5 Å². The standard InChI is InChI=1S/C21H12ClNO2S/c22-14-9-10-20-16(12-14)23(15-6-2-4-8-19(15)26-20)21(24)18-11-13-5-1-3-7-17(13)25-18/h1-12H. The Balaban J connectivity index is 1.70. The molecule has 1 amide bonds. The number of fused-ring (bicyclic) bond motifs is 3. The van der Waals surface area contributed by atoms with Crippen molar-refractivity contribution >= 4 is 51.6 Å². The minimum atomic E-state index is -0.211. The highest BCUT2D eigenvalue weighted by molar-refractivity contribution is 7.99. The van der Waals surface area contributed by atoms with E-state index < -0.39 is 0 Å². The zero-order valence-corrected chi connectivity index (χ0v) is 15.1. The van der Waals surface area contributed by atoms with Gasteiger partial charge in [0.05, 0.1) is 11.4 Å². The van der Waals surface area contributed by atoms with E-state index in [0.29, 0.717) is 16.4 Å². The normalized spacial score (nSPS) is 12.7. The molecule has 0 unspecified atom stereocenters. The maximum absolute atomic E-state index is 13.4. The van der Waals surface area contributed by atoms with E-state index in [4.69, 9.17) is 16.0 Å². The van der Waals surface area contributed by atoms with Crippen molar-refractivity contribution < 1.29 is 9.21 Å². The Kier molecular flexibility index (Phi) is 3.55. The number of hydrogen-bond donors (Lipinski definition) is 0. The lowest BCUT2D eigenvalue weighted by molar-refractivity contribution is 0.0974. The summed E-state index contributed by atoms with van der Waals surface area (Å²) in [6.07, 6.45) is 0.